The molecule has 1 nitrogen and oxygen atoms in total. The van der Waals surface area contributed by atoms with Crippen LogP contribution >= 0.6 is 11.6 Å². The van der Waals surface area contributed by atoms with E-state index in [0.717, 1.165) is 5.02 Å². The van der Waals surface area contributed by atoms with Crippen molar-refractivity contribution in [3.63, 3.8) is 0 Å². The van der Waals surface area contributed by atoms with Gasteiger partial charge in [0.2, 0.25) is 0 Å². The van der Waals surface area contributed by atoms with Crippen LogP contribution in [-0.2, 0) is 0 Å². The first-order valence-corrected chi connectivity index (χ1v) is 6.02. The average Bonchev–Trinajstić information content (AvgIpc) is 2.19. The third kappa shape index (κ3) is 3.51. The van der Waals surface area contributed by atoms with E-state index >= 15 is 0 Å². The number of benzene rings is 1. The Bertz CT molecular complexity index is 298. The molecule has 0 saturated carbocycles. The van der Waals surface area contributed by atoms with E-state index in [1.807, 2.05) is 18.2 Å². The van der Waals surface area contributed by atoms with Gasteiger partial charge in [-0.2, -0.15) is 0 Å². The van der Waals surface area contributed by atoms with E-state index in [1.165, 1.54) is 18.4 Å². The Morgan fingerprint density at radius 3 is 2.67 bits per heavy atom. The summed E-state index contributed by atoms with van der Waals surface area (Å²) in [7, 11) is 0. The zero-order valence-corrected chi connectivity index (χ0v) is 10.3. The van der Waals surface area contributed by atoms with Crippen LogP contribution in [0.15, 0.2) is 24.3 Å². The second-order valence-corrected chi connectivity index (χ2v) is 4.60. The van der Waals surface area contributed by atoms with E-state index in [4.69, 9.17) is 17.3 Å². The zero-order chi connectivity index (χ0) is 11.3. The van der Waals surface area contributed by atoms with Gasteiger partial charge in [0.1, 0.15) is 0 Å². The van der Waals surface area contributed by atoms with Gasteiger partial charge in [-0.05, 0) is 36.1 Å². The highest BCUT2D eigenvalue weighted by molar-refractivity contribution is 6.30. The van der Waals surface area contributed by atoms with Crippen LogP contribution in [-0.4, -0.2) is 6.54 Å². The van der Waals surface area contributed by atoms with Crippen LogP contribution in [0.4, 0.5) is 0 Å². The van der Waals surface area contributed by atoms with Crippen molar-refractivity contribution in [1.29, 1.82) is 0 Å². The zero-order valence-electron chi connectivity index (χ0n) is 9.54. The summed E-state index contributed by atoms with van der Waals surface area (Å²) in [6.07, 6.45) is 2.42. The molecule has 2 atom stereocenters. The van der Waals surface area contributed by atoms with Gasteiger partial charge >= 0.3 is 0 Å². The highest BCUT2D eigenvalue weighted by atomic mass is 35.5. The minimum Gasteiger partial charge on any atom is -0.330 e. The van der Waals surface area contributed by atoms with Gasteiger partial charge in [0, 0.05) is 5.02 Å². The third-order valence-electron chi connectivity index (χ3n) is 2.96. The maximum absolute atomic E-state index is 5.99. The van der Waals surface area contributed by atoms with Crippen molar-refractivity contribution in [1.82, 2.24) is 0 Å². The van der Waals surface area contributed by atoms with Gasteiger partial charge in [-0.25, -0.2) is 0 Å². The summed E-state index contributed by atoms with van der Waals surface area (Å²) in [6, 6.07) is 8.06. The maximum atomic E-state index is 5.99. The second kappa shape index (κ2) is 6.14. The molecule has 0 aliphatic carbocycles. The van der Waals surface area contributed by atoms with E-state index in [-0.39, 0.29) is 0 Å². The summed E-state index contributed by atoms with van der Waals surface area (Å²) in [6.45, 7) is 5.17. The number of halogens is 1. The van der Waals surface area contributed by atoms with E-state index in [0.29, 0.717) is 18.4 Å². The van der Waals surface area contributed by atoms with E-state index in [9.17, 15) is 0 Å². The largest absolute Gasteiger partial charge is 0.330 e. The lowest BCUT2D eigenvalue weighted by Crippen LogP contribution is -2.19. The van der Waals surface area contributed by atoms with Crippen molar-refractivity contribution in [2.45, 2.75) is 32.6 Å². The SMILES string of the molecule is CCCC(C)C(CN)c1cccc(Cl)c1. The fourth-order valence-electron chi connectivity index (χ4n) is 2.09. The lowest BCUT2D eigenvalue weighted by molar-refractivity contribution is 0.430. The first kappa shape index (κ1) is 12.5. The van der Waals surface area contributed by atoms with Crippen molar-refractivity contribution in [3.8, 4) is 0 Å². The van der Waals surface area contributed by atoms with Gasteiger partial charge in [-0.15, -0.1) is 0 Å². The van der Waals surface area contributed by atoms with Crippen molar-refractivity contribution in [2.75, 3.05) is 6.54 Å². The molecule has 0 bridgehead atoms. The molecule has 2 N–H and O–H groups in total. The average molecular weight is 226 g/mol. The highest BCUT2D eigenvalue weighted by Crippen LogP contribution is 2.28. The Balaban J connectivity index is 2.82. The molecular weight excluding hydrogens is 206 g/mol. The number of nitrogens with two attached hydrogens (primary N) is 1. The third-order valence-corrected chi connectivity index (χ3v) is 3.20. The molecule has 0 aliphatic heterocycles. The van der Waals surface area contributed by atoms with Crippen molar-refractivity contribution >= 4 is 11.6 Å². The summed E-state index contributed by atoms with van der Waals surface area (Å²) in [5, 5.41) is 0.801. The van der Waals surface area contributed by atoms with Gasteiger partial charge in [0.05, 0.1) is 0 Å². The highest BCUT2D eigenvalue weighted by Gasteiger charge is 2.17. The van der Waals surface area contributed by atoms with Crippen molar-refractivity contribution in [2.24, 2.45) is 11.7 Å². The Labute approximate surface area is 97.6 Å². The fraction of sp³-hybridized carbons (Fsp3) is 0.538. The summed E-state index contributed by atoms with van der Waals surface area (Å²) in [5.41, 5.74) is 7.11. The minimum absolute atomic E-state index is 0.434. The van der Waals surface area contributed by atoms with Crippen LogP contribution in [0, 0.1) is 5.92 Å². The Morgan fingerprint density at radius 1 is 1.40 bits per heavy atom. The number of rotatable bonds is 5. The van der Waals surface area contributed by atoms with Gasteiger partial charge < -0.3 is 5.73 Å². The standard InChI is InChI=1S/C13H20ClN/c1-3-5-10(2)13(9-15)11-6-4-7-12(14)8-11/h4,6-8,10,13H,3,5,9,15H2,1-2H3. The molecule has 0 amide bonds. The number of hydrogen-bond acceptors (Lipinski definition) is 1. The van der Waals surface area contributed by atoms with Gasteiger partial charge in [0.15, 0.2) is 0 Å². The Kier molecular flexibility index (Phi) is 5.13. The van der Waals surface area contributed by atoms with Crippen molar-refractivity contribution < 1.29 is 0 Å². The van der Waals surface area contributed by atoms with Crippen LogP contribution in [0.1, 0.15) is 38.2 Å². The molecule has 0 spiro atoms. The molecule has 84 valence electrons. The minimum atomic E-state index is 0.434. The Morgan fingerprint density at radius 2 is 2.13 bits per heavy atom. The van der Waals surface area contributed by atoms with Crippen molar-refractivity contribution in [3.05, 3.63) is 34.9 Å². The number of hydrogen-bond donors (Lipinski definition) is 1. The van der Waals surface area contributed by atoms with Gasteiger partial charge in [-0.3, -0.25) is 0 Å². The molecule has 1 aromatic rings. The lowest BCUT2D eigenvalue weighted by Gasteiger charge is -2.22. The first-order chi connectivity index (χ1) is 7.19. The summed E-state index contributed by atoms with van der Waals surface area (Å²) < 4.78 is 0. The molecule has 0 aromatic heterocycles. The predicted octanol–water partition coefficient (Wildman–Crippen LogP) is 3.82. The van der Waals surface area contributed by atoms with Crippen LogP contribution in [0.2, 0.25) is 5.02 Å². The molecular formula is C13H20ClN. The van der Waals surface area contributed by atoms with E-state index in [1.54, 1.807) is 0 Å². The molecule has 15 heavy (non-hydrogen) atoms. The van der Waals surface area contributed by atoms with Gasteiger partial charge in [0.25, 0.3) is 0 Å². The fourth-order valence-corrected chi connectivity index (χ4v) is 2.29. The van der Waals surface area contributed by atoms with Crippen LogP contribution in [0.5, 0.6) is 0 Å². The molecule has 0 aliphatic rings. The summed E-state index contributed by atoms with van der Waals surface area (Å²) in [4.78, 5) is 0. The summed E-state index contributed by atoms with van der Waals surface area (Å²) >= 11 is 5.99. The van der Waals surface area contributed by atoms with Crippen LogP contribution in [0.25, 0.3) is 0 Å². The summed E-state index contributed by atoms with van der Waals surface area (Å²) in [5.74, 6) is 1.06. The quantitative estimate of drug-likeness (QED) is 0.810. The smallest absolute Gasteiger partial charge is 0.0408 e. The monoisotopic (exact) mass is 225 g/mol. The van der Waals surface area contributed by atoms with Crippen LogP contribution < -0.4 is 5.73 Å². The molecule has 1 rings (SSSR count). The van der Waals surface area contributed by atoms with Crippen LogP contribution in [0.3, 0.4) is 0 Å². The first-order valence-electron chi connectivity index (χ1n) is 5.64. The molecule has 1 aromatic carbocycles. The normalized spacial score (nSPS) is 14.9. The van der Waals surface area contributed by atoms with E-state index < -0.39 is 0 Å². The molecule has 2 heteroatoms. The maximum Gasteiger partial charge on any atom is 0.0408 e. The Hall–Kier alpha value is -0.530. The lowest BCUT2D eigenvalue weighted by atomic mass is 9.85. The second-order valence-electron chi connectivity index (χ2n) is 4.16. The van der Waals surface area contributed by atoms with Gasteiger partial charge in [-0.1, -0.05) is 50.4 Å². The molecule has 0 heterocycles. The topological polar surface area (TPSA) is 26.0 Å². The van der Waals surface area contributed by atoms with E-state index in [2.05, 4.69) is 19.9 Å². The molecule has 0 saturated heterocycles. The molecule has 0 radical (unpaired) electrons. The predicted molar refractivity (Wildman–Crippen MR) is 67.3 cm³/mol. The molecule has 2 unspecified atom stereocenters. The molecule has 0 fully saturated rings.